The minimum atomic E-state index is 0.691. The summed E-state index contributed by atoms with van der Waals surface area (Å²) in [5.74, 6) is 0. The third-order valence-electron chi connectivity index (χ3n) is 5.31. The van der Waals surface area contributed by atoms with Crippen molar-refractivity contribution in [3.05, 3.63) is 83.9 Å². The van der Waals surface area contributed by atoms with E-state index in [1.165, 1.54) is 32.3 Å². The van der Waals surface area contributed by atoms with Gasteiger partial charge in [0.15, 0.2) is 0 Å². The summed E-state index contributed by atoms with van der Waals surface area (Å²) in [6.07, 6.45) is 0. The fourth-order valence-electron chi connectivity index (χ4n) is 4.19. The van der Waals surface area contributed by atoms with Gasteiger partial charge in [0.05, 0.1) is 0 Å². The molecule has 0 atom stereocenters. The van der Waals surface area contributed by atoms with Crippen LogP contribution in [0.4, 0.5) is 0 Å². The van der Waals surface area contributed by atoms with Crippen molar-refractivity contribution in [2.24, 2.45) is 0 Å². The molecule has 6 rings (SSSR count). The highest BCUT2D eigenvalue weighted by atomic mass is 35.5. The quantitative estimate of drug-likeness (QED) is 0.255. The van der Waals surface area contributed by atoms with Gasteiger partial charge in [0.2, 0.25) is 0 Å². The first-order valence-electron chi connectivity index (χ1n) is 8.65. The molecule has 0 aliphatic carbocycles. The zero-order chi connectivity index (χ0) is 17.3. The highest BCUT2D eigenvalue weighted by Gasteiger charge is 2.15. The van der Waals surface area contributed by atoms with Crippen LogP contribution in [0.25, 0.3) is 54.3 Å². The number of hydrogen-bond acceptors (Lipinski definition) is 1. The van der Waals surface area contributed by atoms with E-state index in [4.69, 9.17) is 16.0 Å². The van der Waals surface area contributed by atoms with Gasteiger partial charge in [-0.15, -0.1) is 0 Å². The van der Waals surface area contributed by atoms with E-state index in [1.54, 1.807) is 0 Å². The summed E-state index contributed by atoms with van der Waals surface area (Å²) in [4.78, 5) is 0. The van der Waals surface area contributed by atoms with E-state index in [9.17, 15) is 0 Å². The Morgan fingerprint density at radius 1 is 0.538 bits per heavy atom. The Morgan fingerprint density at radius 2 is 1.08 bits per heavy atom. The Bertz CT molecular complexity index is 1460. The van der Waals surface area contributed by atoms with Crippen LogP contribution in [0.1, 0.15) is 0 Å². The molecule has 122 valence electrons. The van der Waals surface area contributed by atoms with Crippen molar-refractivity contribution in [1.29, 1.82) is 0 Å². The van der Waals surface area contributed by atoms with E-state index in [1.807, 2.05) is 18.2 Å². The Morgan fingerprint density at radius 3 is 1.81 bits per heavy atom. The normalized spacial score (nSPS) is 12.0. The molecule has 0 amide bonds. The van der Waals surface area contributed by atoms with Gasteiger partial charge < -0.3 is 4.42 Å². The average molecular weight is 353 g/mol. The molecule has 6 aromatic rings. The van der Waals surface area contributed by atoms with Crippen LogP contribution in [0.15, 0.2) is 83.3 Å². The Kier molecular flexibility index (Phi) is 2.72. The highest BCUT2D eigenvalue weighted by Crippen LogP contribution is 2.41. The molecule has 0 bridgehead atoms. The molecule has 0 fully saturated rings. The van der Waals surface area contributed by atoms with Crippen molar-refractivity contribution in [2.45, 2.75) is 0 Å². The van der Waals surface area contributed by atoms with Gasteiger partial charge in [-0.25, -0.2) is 0 Å². The van der Waals surface area contributed by atoms with Gasteiger partial charge in [0, 0.05) is 27.2 Å². The predicted molar refractivity (Wildman–Crippen MR) is 111 cm³/mol. The first-order valence-corrected chi connectivity index (χ1v) is 9.03. The van der Waals surface area contributed by atoms with E-state index in [0.29, 0.717) is 5.02 Å². The zero-order valence-corrected chi connectivity index (χ0v) is 14.5. The van der Waals surface area contributed by atoms with E-state index < -0.39 is 0 Å². The number of benzene rings is 5. The van der Waals surface area contributed by atoms with Crippen LogP contribution >= 0.6 is 11.6 Å². The molecule has 0 saturated carbocycles. The number of fused-ring (bicyclic) bond motifs is 10. The molecule has 0 aliphatic heterocycles. The molecule has 1 nitrogen and oxygen atoms in total. The smallest absolute Gasteiger partial charge is 0.143 e. The second-order valence-electron chi connectivity index (χ2n) is 6.70. The number of hydrogen-bond donors (Lipinski definition) is 0. The van der Waals surface area contributed by atoms with Crippen molar-refractivity contribution in [1.82, 2.24) is 0 Å². The second kappa shape index (κ2) is 5.00. The van der Waals surface area contributed by atoms with Crippen LogP contribution < -0.4 is 0 Å². The molecule has 0 radical (unpaired) electrons. The minimum Gasteiger partial charge on any atom is -0.455 e. The first kappa shape index (κ1) is 14.2. The Hall–Kier alpha value is -3.03. The maximum Gasteiger partial charge on any atom is 0.143 e. The van der Waals surface area contributed by atoms with Crippen LogP contribution in [0.2, 0.25) is 5.02 Å². The Balaban J connectivity index is 1.98. The van der Waals surface area contributed by atoms with Crippen LogP contribution in [-0.4, -0.2) is 0 Å². The minimum absolute atomic E-state index is 0.691. The third kappa shape index (κ3) is 1.76. The monoisotopic (exact) mass is 352 g/mol. The zero-order valence-electron chi connectivity index (χ0n) is 13.8. The molecule has 0 saturated heterocycles. The summed E-state index contributed by atoms with van der Waals surface area (Å²) < 4.78 is 6.32. The summed E-state index contributed by atoms with van der Waals surface area (Å²) in [7, 11) is 0. The van der Waals surface area contributed by atoms with Crippen molar-refractivity contribution in [3.8, 4) is 0 Å². The SMILES string of the molecule is Clc1ccc2c(c1)oc1c2ccc2c3ccccc3c3ccccc3c21. The summed E-state index contributed by atoms with van der Waals surface area (Å²) in [5, 5.41) is 10.3. The molecule has 0 N–H and O–H groups in total. The number of furan rings is 1. The lowest BCUT2D eigenvalue weighted by atomic mass is 9.93. The topological polar surface area (TPSA) is 13.1 Å². The Labute approximate surface area is 154 Å². The first-order chi connectivity index (χ1) is 12.8. The van der Waals surface area contributed by atoms with Crippen molar-refractivity contribution >= 4 is 65.9 Å². The van der Waals surface area contributed by atoms with Crippen molar-refractivity contribution in [3.63, 3.8) is 0 Å². The van der Waals surface area contributed by atoms with Crippen molar-refractivity contribution < 1.29 is 4.42 Å². The van der Waals surface area contributed by atoms with Gasteiger partial charge in [0.1, 0.15) is 11.2 Å². The number of rotatable bonds is 0. The molecular weight excluding hydrogens is 340 g/mol. The molecule has 2 heteroatoms. The number of halogens is 1. The van der Waals surface area contributed by atoms with E-state index in [0.717, 1.165) is 21.9 Å². The van der Waals surface area contributed by atoms with Crippen molar-refractivity contribution in [2.75, 3.05) is 0 Å². The van der Waals surface area contributed by atoms with Crippen LogP contribution in [0.3, 0.4) is 0 Å². The molecule has 5 aromatic carbocycles. The maximum atomic E-state index is 6.32. The van der Waals surface area contributed by atoms with Gasteiger partial charge in [-0.2, -0.15) is 0 Å². The fraction of sp³-hybridized carbons (Fsp3) is 0. The average Bonchev–Trinajstić information content (AvgIpc) is 3.05. The van der Waals surface area contributed by atoms with Crippen LogP contribution in [0.5, 0.6) is 0 Å². The summed E-state index contributed by atoms with van der Waals surface area (Å²) in [5.41, 5.74) is 1.76. The van der Waals surface area contributed by atoms with Gasteiger partial charge in [0.25, 0.3) is 0 Å². The van der Waals surface area contributed by atoms with E-state index in [2.05, 4.69) is 60.7 Å². The third-order valence-corrected chi connectivity index (χ3v) is 5.54. The van der Waals surface area contributed by atoms with Crippen LogP contribution in [-0.2, 0) is 0 Å². The molecule has 0 spiro atoms. The highest BCUT2D eigenvalue weighted by molar-refractivity contribution is 6.33. The summed E-state index contributed by atoms with van der Waals surface area (Å²) >= 11 is 6.18. The standard InChI is InChI=1S/C24H13ClO/c25-14-9-10-18-21-12-11-20-17-7-2-1-5-15(17)16-6-3-4-8-19(16)23(20)24(21)26-22(18)13-14/h1-13H. The van der Waals surface area contributed by atoms with Gasteiger partial charge in [-0.05, 0) is 45.1 Å². The van der Waals surface area contributed by atoms with Gasteiger partial charge >= 0.3 is 0 Å². The molecule has 26 heavy (non-hydrogen) atoms. The van der Waals surface area contributed by atoms with E-state index in [-0.39, 0.29) is 0 Å². The largest absolute Gasteiger partial charge is 0.455 e. The predicted octanol–water partition coefficient (Wildman–Crippen LogP) is 7.70. The fourth-order valence-corrected chi connectivity index (χ4v) is 4.36. The lowest BCUT2D eigenvalue weighted by molar-refractivity contribution is 0.673. The van der Waals surface area contributed by atoms with Gasteiger partial charge in [-0.1, -0.05) is 66.2 Å². The molecular formula is C24H13ClO. The maximum absolute atomic E-state index is 6.32. The second-order valence-corrected chi connectivity index (χ2v) is 7.13. The molecule has 1 aromatic heterocycles. The lowest BCUT2D eigenvalue weighted by Gasteiger charge is -2.10. The van der Waals surface area contributed by atoms with Gasteiger partial charge in [-0.3, -0.25) is 0 Å². The molecule has 1 heterocycles. The summed E-state index contributed by atoms with van der Waals surface area (Å²) in [6, 6.07) is 27.4. The van der Waals surface area contributed by atoms with Crippen LogP contribution in [0, 0.1) is 0 Å². The molecule has 0 unspecified atom stereocenters. The molecule has 0 aliphatic rings. The summed E-state index contributed by atoms with van der Waals surface area (Å²) in [6.45, 7) is 0. The van der Waals surface area contributed by atoms with E-state index >= 15 is 0 Å². The lowest BCUT2D eigenvalue weighted by Crippen LogP contribution is -1.83.